The van der Waals surface area contributed by atoms with Crippen molar-refractivity contribution in [3.05, 3.63) is 0 Å². The number of ether oxygens (including phenoxy) is 1. The highest BCUT2D eigenvalue weighted by atomic mass is 32.2. The van der Waals surface area contributed by atoms with Crippen LogP contribution in [0, 0.1) is 5.92 Å². The fourth-order valence-corrected chi connectivity index (χ4v) is 3.38. The molecule has 0 spiro atoms. The summed E-state index contributed by atoms with van der Waals surface area (Å²) in [5.74, 6) is 1.14. The summed E-state index contributed by atoms with van der Waals surface area (Å²) in [6.07, 6.45) is 2.26. The van der Waals surface area contributed by atoms with E-state index in [1.807, 2.05) is 27.7 Å². The van der Waals surface area contributed by atoms with Crippen LogP contribution in [0.1, 0.15) is 48.0 Å². The van der Waals surface area contributed by atoms with E-state index in [0.29, 0.717) is 25.0 Å². The zero-order valence-electron chi connectivity index (χ0n) is 16.3. The third kappa shape index (κ3) is 11.6. The van der Waals surface area contributed by atoms with Gasteiger partial charge >= 0.3 is 0 Å². The summed E-state index contributed by atoms with van der Waals surface area (Å²) < 4.78 is 31.1. The molecule has 0 rings (SSSR count). The van der Waals surface area contributed by atoms with Gasteiger partial charge in [-0.3, -0.25) is 4.99 Å². The number of rotatable bonds is 11. The molecule has 0 aliphatic heterocycles. The maximum atomic E-state index is 11.4. The Morgan fingerprint density at radius 2 is 1.83 bits per heavy atom. The average Bonchev–Trinajstić information content (AvgIpc) is 2.41. The van der Waals surface area contributed by atoms with Gasteiger partial charge in [0.05, 0.1) is 18.9 Å². The van der Waals surface area contributed by atoms with E-state index in [0.717, 1.165) is 25.8 Å². The standard InChI is InChI=1S/C16H36N4O3S/c1-8-17-15(18-11-10-14(13(3)4)23-9-2)19-12-16(5,6)20-24(7,21)22/h13-14,20H,8-12H2,1-7H3,(H2,17,18,19). The van der Waals surface area contributed by atoms with E-state index >= 15 is 0 Å². The highest BCUT2D eigenvalue weighted by Crippen LogP contribution is 2.10. The Morgan fingerprint density at radius 3 is 2.29 bits per heavy atom. The second-order valence-electron chi connectivity index (χ2n) is 6.91. The van der Waals surface area contributed by atoms with Gasteiger partial charge in [-0.2, -0.15) is 0 Å². The summed E-state index contributed by atoms with van der Waals surface area (Å²) in [5.41, 5.74) is -0.637. The van der Waals surface area contributed by atoms with Crippen LogP contribution < -0.4 is 15.4 Å². The molecule has 0 aromatic rings. The molecule has 0 aromatic heterocycles. The molecule has 3 N–H and O–H groups in total. The van der Waals surface area contributed by atoms with Gasteiger partial charge in [-0.25, -0.2) is 13.1 Å². The molecule has 144 valence electrons. The first-order valence-electron chi connectivity index (χ1n) is 8.63. The van der Waals surface area contributed by atoms with Gasteiger partial charge in [-0.1, -0.05) is 13.8 Å². The molecule has 0 fully saturated rings. The van der Waals surface area contributed by atoms with E-state index in [9.17, 15) is 8.42 Å². The van der Waals surface area contributed by atoms with E-state index < -0.39 is 15.6 Å². The van der Waals surface area contributed by atoms with E-state index in [2.05, 4.69) is 34.2 Å². The van der Waals surface area contributed by atoms with Crippen LogP contribution in [0.2, 0.25) is 0 Å². The Balaban J connectivity index is 4.62. The number of hydrogen-bond acceptors (Lipinski definition) is 4. The molecule has 24 heavy (non-hydrogen) atoms. The minimum Gasteiger partial charge on any atom is -0.378 e. The molecule has 7 nitrogen and oxygen atoms in total. The number of hydrogen-bond donors (Lipinski definition) is 3. The van der Waals surface area contributed by atoms with Gasteiger partial charge < -0.3 is 15.4 Å². The van der Waals surface area contributed by atoms with Crippen LogP contribution in [-0.2, 0) is 14.8 Å². The molecule has 0 heterocycles. The Labute approximate surface area is 148 Å². The smallest absolute Gasteiger partial charge is 0.209 e. The second-order valence-corrected chi connectivity index (χ2v) is 8.65. The zero-order valence-corrected chi connectivity index (χ0v) is 17.1. The van der Waals surface area contributed by atoms with Crippen molar-refractivity contribution in [3.8, 4) is 0 Å². The highest BCUT2D eigenvalue weighted by Gasteiger charge is 2.22. The van der Waals surface area contributed by atoms with Gasteiger partial charge in [0.15, 0.2) is 5.96 Å². The minimum atomic E-state index is -3.26. The topological polar surface area (TPSA) is 91.8 Å². The van der Waals surface area contributed by atoms with Crippen LogP contribution in [0.15, 0.2) is 4.99 Å². The van der Waals surface area contributed by atoms with Crippen LogP contribution in [-0.4, -0.2) is 58.5 Å². The van der Waals surface area contributed by atoms with Crippen LogP contribution >= 0.6 is 0 Å². The average molecular weight is 365 g/mol. The summed E-state index contributed by atoms with van der Waals surface area (Å²) in [6, 6.07) is 0. The first-order chi connectivity index (χ1) is 11.0. The second kappa shape index (κ2) is 10.9. The van der Waals surface area contributed by atoms with Gasteiger partial charge in [0.1, 0.15) is 0 Å². The largest absolute Gasteiger partial charge is 0.378 e. The van der Waals surface area contributed by atoms with Crippen LogP contribution in [0.4, 0.5) is 0 Å². The van der Waals surface area contributed by atoms with E-state index in [-0.39, 0.29) is 6.10 Å². The third-order valence-corrected chi connectivity index (χ3v) is 4.21. The van der Waals surface area contributed by atoms with Crippen molar-refractivity contribution in [2.24, 2.45) is 10.9 Å². The predicted octanol–water partition coefficient (Wildman–Crippen LogP) is 1.32. The lowest BCUT2D eigenvalue weighted by atomic mass is 10.0. The molecular weight excluding hydrogens is 328 g/mol. The molecule has 1 unspecified atom stereocenters. The SMILES string of the molecule is CCNC(=NCC(C)(C)NS(C)(=O)=O)NCCC(OCC)C(C)C. The van der Waals surface area contributed by atoms with Crippen molar-refractivity contribution < 1.29 is 13.2 Å². The molecule has 0 aliphatic rings. The number of sulfonamides is 1. The predicted molar refractivity (Wildman–Crippen MR) is 101 cm³/mol. The van der Waals surface area contributed by atoms with Crippen molar-refractivity contribution in [1.29, 1.82) is 0 Å². The minimum absolute atomic E-state index is 0.216. The number of guanidine groups is 1. The quantitative estimate of drug-likeness (QED) is 0.380. The van der Waals surface area contributed by atoms with Gasteiger partial charge in [-0.15, -0.1) is 0 Å². The molecule has 0 saturated heterocycles. The summed E-state index contributed by atoms with van der Waals surface area (Å²) in [7, 11) is -3.26. The molecule has 0 radical (unpaired) electrons. The maximum Gasteiger partial charge on any atom is 0.209 e. The Bertz CT molecular complexity index is 476. The molecule has 0 aliphatic carbocycles. The Hall–Kier alpha value is -0.860. The third-order valence-electron chi connectivity index (χ3n) is 3.28. The number of aliphatic imine (C=N–C) groups is 1. The van der Waals surface area contributed by atoms with Crippen molar-refractivity contribution in [1.82, 2.24) is 15.4 Å². The van der Waals surface area contributed by atoms with Crippen LogP contribution in [0.25, 0.3) is 0 Å². The van der Waals surface area contributed by atoms with Crippen molar-refractivity contribution >= 4 is 16.0 Å². The lowest BCUT2D eigenvalue weighted by molar-refractivity contribution is 0.0258. The highest BCUT2D eigenvalue weighted by molar-refractivity contribution is 7.88. The van der Waals surface area contributed by atoms with Crippen molar-refractivity contribution in [2.75, 3.05) is 32.5 Å². The molecule has 0 aromatic carbocycles. The van der Waals surface area contributed by atoms with Gasteiger partial charge in [-0.05, 0) is 40.0 Å². The Morgan fingerprint density at radius 1 is 1.21 bits per heavy atom. The summed E-state index contributed by atoms with van der Waals surface area (Å²) in [5, 5.41) is 6.46. The fourth-order valence-electron chi connectivity index (χ4n) is 2.31. The van der Waals surface area contributed by atoms with Crippen molar-refractivity contribution in [2.45, 2.75) is 59.6 Å². The lowest BCUT2D eigenvalue weighted by Gasteiger charge is -2.24. The summed E-state index contributed by atoms with van der Waals surface area (Å²) in [4.78, 5) is 4.48. The van der Waals surface area contributed by atoms with Gasteiger partial charge in [0.25, 0.3) is 0 Å². The molecule has 0 bridgehead atoms. The van der Waals surface area contributed by atoms with Gasteiger partial charge in [0.2, 0.25) is 10.0 Å². The van der Waals surface area contributed by atoms with Gasteiger partial charge in [0, 0.05) is 25.2 Å². The number of nitrogens with one attached hydrogen (secondary N) is 3. The maximum absolute atomic E-state index is 11.4. The number of nitrogens with zero attached hydrogens (tertiary/aromatic N) is 1. The van der Waals surface area contributed by atoms with Crippen LogP contribution in [0.3, 0.4) is 0 Å². The monoisotopic (exact) mass is 364 g/mol. The summed E-state index contributed by atoms with van der Waals surface area (Å²) in [6.45, 7) is 14.5. The lowest BCUT2D eigenvalue weighted by Crippen LogP contribution is -2.47. The van der Waals surface area contributed by atoms with E-state index in [4.69, 9.17) is 4.74 Å². The summed E-state index contributed by atoms with van der Waals surface area (Å²) >= 11 is 0. The zero-order chi connectivity index (χ0) is 18.8. The molecule has 0 saturated carbocycles. The first kappa shape index (κ1) is 23.1. The normalized spacial score (nSPS) is 14.8. The van der Waals surface area contributed by atoms with E-state index in [1.165, 1.54) is 0 Å². The fraction of sp³-hybridized carbons (Fsp3) is 0.938. The molecule has 8 heteroatoms. The van der Waals surface area contributed by atoms with E-state index in [1.54, 1.807) is 0 Å². The molecule has 1 atom stereocenters. The van der Waals surface area contributed by atoms with Crippen molar-refractivity contribution in [3.63, 3.8) is 0 Å². The molecular formula is C16H36N4O3S. The Kier molecular flexibility index (Phi) is 10.5. The molecule has 0 amide bonds. The van der Waals surface area contributed by atoms with Crippen LogP contribution in [0.5, 0.6) is 0 Å². The first-order valence-corrected chi connectivity index (χ1v) is 10.5.